The molecule has 1 heterocycles. The highest BCUT2D eigenvalue weighted by molar-refractivity contribution is 8.26. The van der Waals surface area contributed by atoms with Crippen molar-refractivity contribution in [3.8, 4) is 5.75 Å². The number of aromatic carboxylic acids is 1. The van der Waals surface area contributed by atoms with E-state index in [1.807, 2.05) is 30.3 Å². The van der Waals surface area contributed by atoms with Gasteiger partial charge in [-0.15, -0.1) is 0 Å². The fourth-order valence-corrected chi connectivity index (χ4v) is 4.09. The molecule has 1 aliphatic rings. The summed E-state index contributed by atoms with van der Waals surface area (Å²) in [7, 11) is 0. The molecule has 0 radical (unpaired) electrons. The third kappa shape index (κ3) is 4.47. The maximum Gasteiger partial charge on any atom is 0.339 e. The third-order valence-corrected chi connectivity index (χ3v) is 5.51. The summed E-state index contributed by atoms with van der Waals surface area (Å²) in [6, 6.07) is 12.1. The van der Waals surface area contributed by atoms with Gasteiger partial charge in [0.05, 0.1) is 4.91 Å². The molecule has 7 nitrogen and oxygen atoms in total. The number of carbonyl (C=O) groups excluding carboxylic acids is 2. The number of hydrogen-bond donors (Lipinski definition) is 3. The van der Waals surface area contributed by atoms with E-state index in [0.29, 0.717) is 4.91 Å². The molecule has 1 fully saturated rings. The topological polar surface area (TPSA) is 107 Å². The summed E-state index contributed by atoms with van der Waals surface area (Å²) in [5, 5.41) is 21.3. The molecule has 148 valence electrons. The van der Waals surface area contributed by atoms with Crippen LogP contribution < -0.4 is 5.32 Å². The van der Waals surface area contributed by atoms with Gasteiger partial charge < -0.3 is 15.5 Å². The smallest absolute Gasteiger partial charge is 0.339 e. The predicted octanol–water partition coefficient (Wildman–Crippen LogP) is 3.32. The number of carbonyl (C=O) groups is 3. The molecule has 3 rings (SSSR count). The predicted molar refractivity (Wildman–Crippen MR) is 115 cm³/mol. The molecular weight excluding hydrogens is 412 g/mol. The number of aromatic hydroxyl groups is 1. The summed E-state index contributed by atoms with van der Waals surface area (Å²) < 4.78 is 0.268. The van der Waals surface area contributed by atoms with Crippen LogP contribution in [0, 0.1) is 0 Å². The maximum atomic E-state index is 12.8. The van der Waals surface area contributed by atoms with Gasteiger partial charge in [-0.3, -0.25) is 14.5 Å². The number of anilines is 1. The number of carboxylic acid groups (broad SMARTS) is 1. The molecule has 9 heteroatoms. The lowest BCUT2D eigenvalue weighted by atomic mass is 10.1. The summed E-state index contributed by atoms with van der Waals surface area (Å²) in [6.07, 6.45) is 1.71. The first kappa shape index (κ1) is 20.6. The van der Waals surface area contributed by atoms with Gasteiger partial charge in [0.25, 0.3) is 5.91 Å². The lowest BCUT2D eigenvalue weighted by Gasteiger charge is -2.22. The van der Waals surface area contributed by atoms with Gasteiger partial charge in [0.2, 0.25) is 5.91 Å². The molecular formula is C20H16N2O5S2. The number of hydrogen-bond acceptors (Lipinski definition) is 6. The monoisotopic (exact) mass is 428 g/mol. The number of carboxylic acids is 1. The molecule has 2 aromatic rings. The Hall–Kier alpha value is -3.17. The zero-order chi connectivity index (χ0) is 21.1. The van der Waals surface area contributed by atoms with Gasteiger partial charge in [-0.2, -0.15) is 0 Å². The Kier molecular flexibility index (Phi) is 6.00. The maximum absolute atomic E-state index is 12.8. The Balaban J connectivity index is 1.75. The van der Waals surface area contributed by atoms with Gasteiger partial charge in [-0.05, 0) is 30.7 Å². The van der Waals surface area contributed by atoms with Crippen molar-refractivity contribution in [1.82, 2.24) is 4.90 Å². The van der Waals surface area contributed by atoms with Gasteiger partial charge >= 0.3 is 5.97 Å². The quantitative estimate of drug-likeness (QED) is 0.495. The van der Waals surface area contributed by atoms with E-state index in [0.717, 1.165) is 23.4 Å². The van der Waals surface area contributed by atoms with E-state index in [4.69, 9.17) is 17.3 Å². The highest BCUT2D eigenvalue weighted by Crippen LogP contribution is 2.34. The molecule has 2 amide bonds. The van der Waals surface area contributed by atoms with Gasteiger partial charge in [-0.1, -0.05) is 54.3 Å². The molecule has 0 saturated carbocycles. The Bertz CT molecular complexity index is 1040. The molecule has 1 saturated heterocycles. The fourth-order valence-electron chi connectivity index (χ4n) is 2.67. The van der Waals surface area contributed by atoms with Crippen molar-refractivity contribution in [3.63, 3.8) is 0 Å². The normalized spacial score (nSPS) is 16.2. The van der Waals surface area contributed by atoms with Crippen molar-refractivity contribution in [2.24, 2.45) is 0 Å². The van der Waals surface area contributed by atoms with Crippen LogP contribution in [0.2, 0.25) is 0 Å². The van der Waals surface area contributed by atoms with Crippen LogP contribution in [0.4, 0.5) is 5.69 Å². The van der Waals surface area contributed by atoms with Crippen LogP contribution in [0.25, 0.3) is 6.08 Å². The number of thiocarbonyl (C=S) groups is 1. The second-order valence-corrected chi connectivity index (χ2v) is 7.84. The third-order valence-electron chi connectivity index (χ3n) is 4.18. The summed E-state index contributed by atoms with van der Waals surface area (Å²) in [5.74, 6) is -2.64. The molecule has 0 spiro atoms. The average molecular weight is 428 g/mol. The van der Waals surface area contributed by atoms with E-state index in [2.05, 4.69) is 5.32 Å². The minimum Gasteiger partial charge on any atom is -0.507 e. The van der Waals surface area contributed by atoms with E-state index in [1.54, 1.807) is 6.08 Å². The number of benzene rings is 2. The Morgan fingerprint density at radius 1 is 1.21 bits per heavy atom. The molecule has 1 aliphatic heterocycles. The highest BCUT2D eigenvalue weighted by Gasteiger charge is 2.38. The number of thioether (sulfide) groups is 1. The molecule has 0 unspecified atom stereocenters. The second-order valence-electron chi connectivity index (χ2n) is 6.16. The molecule has 0 bridgehead atoms. The first-order valence-corrected chi connectivity index (χ1v) is 9.69. The molecule has 29 heavy (non-hydrogen) atoms. The Morgan fingerprint density at radius 2 is 1.90 bits per heavy atom. The van der Waals surface area contributed by atoms with E-state index in [-0.39, 0.29) is 21.5 Å². The minimum atomic E-state index is -1.28. The van der Waals surface area contributed by atoms with E-state index in [9.17, 15) is 19.5 Å². The zero-order valence-corrected chi connectivity index (χ0v) is 16.8. The van der Waals surface area contributed by atoms with Crippen LogP contribution >= 0.6 is 24.0 Å². The fraction of sp³-hybridized carbons (Fsp3) is 0.100. The second kappa shape index (κ2) is 8.46. The highest BCUT2D eigenvalue weighted by atomic mass is 32.2. The van der Waals surface area contributed by atoms with E-state index < -0.39 is 23.7 Å². The van der Waals surface area contributed by atoms with Crippen LogP contribution in [-0.2, 0) is 9.59 Å². The summed E-state index contributed by atoms with van der Waals surface area (Å²) in [5.41, 5.74) is 0.771. The van der Waals surface area contributed by atoms with Gasteiger partial charge in [0.1, 0.15) is 21.7 Å². The molecule has 2 aromatic carbocycles. The zero-order valence-electron chi connectivity index (χ0n) is 15.2. The first-order valence-electron chi connectivity index (χ1n) is 8.47. The van der Waals surface area contributed by atoms with Crippen molar-refractivity contribution < 1.29 is 24.6 Å². The lowest BCUT2D eigenvalue weighted by Crippen LogP contribution is -2.44. The van der Waals surface area contributed by atoms with Crippen molar-refractivity contribution in [2.75, 3.05) is 5.32 Å². The summed E-state index contributed by atoms with van der Waals surface area (Å²) in [4.78, 5) is 38.0. The molecule has 1 atom stereocenters. The van der Waals surface area contributed by atoms with Crippen molar-refractivity contribution >= 4 is 57.8 Å². The van der Waals surface area contributed by atoms with Crippen LogP contribution in [-0.4, -0.2) is 43.3 Å². The van der Waals surface area contributed by atoms with Crippen LogP contribution in [0.5, 0.6) is 5.75 Å². The van der Waals surface area contributed by atoms with Crippen molar-refractivity contribution in [2.45, 2.75) is 13.0 Å². The number of phenols is 1. The van der Waals surface area contributed by atoms with Gasteiger partial charge in [0, 0.05) is 11.8 Å². The standard InChI is InChI=1S/C20H16N2O5S2/c1-11(17(24)21-13-7-8-14(19(26)27)15(23)10-13)22-18(25)16(29-20(22)28)9-12-5-3-2-4-6-12/h2-11,23H,1H3,(H,21,24)(H,26,27)/b16-9+/t11-/m1/s1. The average Bonchev–Trinajstić information content (AvgIpc) is 2.95. The number of nitrogens with one attached hydrogen (secondary N) is 1. The van der Waals surface area contributed by atoms with Crippen LogP contribution in [0.3, 0.4) is 0 Å². The lowest BCUT2D eigenvalue weighted by molar-refractivity contribution is -0.129. The summed E-state index contributed by atoms with van der Waals surface area (Å²) >= 11 is 6.40. The Morgan fingerprint density at radius 3 is 2.52 bits per heavy atom. The number of nitrogens with zero attached hydrogens (tertiary/aromatic N) is 1. The Labute approximate surface area is 176 Å². The van der Waals surface area contributed by atoms with Crippen LogP contribution in [0.15, 0.2) is 53.4 Å². The first-order chi connectivity index (χ1) is 13.8. The van der Waals surface area contributed by atoms with Crippen molar-refractivity contribution in [1.29, 1.82) is 0 Å². The number of rotatable bonds is 5. The van der Waals surface area contributed by atoms with Gasteiger partial charge in [0.15, 0.2) is 0 Å². The number of amides is 2. The van der Waals surface area contributed by atoms with E-state index in [1.165, 1.54) is 24.0 Å². The van der Waals surface area contributed by atoms with Gasteiger partial charge in [-0.25, -0.2) is 4.79 Å². The molecule has 0 aliphatic carbocycles. The van der Waals surface area contributed by atoms with E-state index >= 15 is 0 Å². The molecule has 0 aromatic heterocycles. The minimum absolute atomic E-state index is 0.203. The largest absolute Gasteiger partial charge is 0.507 e. The van der Waals surface area contributed by atoms with Crippen LogP contribution in [0.1, 0.15) is 22.8 Å². The SMILES string of the molecule is C[C@H](C(=O)Nc1ccc(C(=O)O)c(O)c1)N1C(=O)/C(=C\c2ccccc2)SC1=S. The van der Waals surface area contributed by atoms with Crippen molar-refractivity contribution in [3.05, 3.63) is 64.6 Å². The molecule has 3 N–H and O–H groups in total. The summed E-state index contributed by atoms with van der Waals surface area (Å²) in [6.45, 7) is 1.54.